The SMILES string of the molecule is Cc1ccc(N2Cc3c(ccc4ccccc34)OP23(O)Oc2ccc4ccccc4c2CN3c2ccc(C)cc2)cc1. The minimum absolute atomic E-state index is 0.416. The molecule has 0 unspecified atom stereocenters. The molecule has 42 heavy (non-hydrogen) atoms. The fourth-order valence-corrected chi connectivity index (χ4v) is 9.92. The van der Waals surface area contributed by atoms with E-state index in [-0.39, 0.29) is 0 Å². The molecule has 6 aromatic rings. The fourth-order valence-electron chi connectivity index (χ4n) is 6.37. The van der Waals surface area contributed by atoms with Crippen LogP contribution in [0.5, 0.6) is 11.5 Å². The Labute approximate surface area is 245 Å². The van der Waals surface area contributed by atoms with Crippen molar-refractivity contribution in [2.24, 2.45) is 0 Å². The quantitative estimate of drug-likeness (QED) is 0.210. The Balaban J connectivity index is 1.43. The van der Waals surface area contributed by atoms with E-state index in [9.17, 15) is 4.89 Å². The molecule has 5 nitrogen and oxygen atoms in total. The number of hydrogen-bond donors (Lipinski definition) is 1. The summed E-state index contributed by atoms with van der Waals surface area (Å²) in [7, 11) is -4.88. The van der Waals surface area contributed by atoms with Crippen molar-refractivity contribution >= 4 is 40.5 Å². The summed E-state index contributed by atoms with van der Waals surface area (Å²) in [6.45, 7) is 4.97. The van der Waals surface area contributed by atoms with Crippen LogP contribution in [0.1, 0.15) is 22.3 Å². The second kappa shape index (κ2) is 8.96. The molecule has 8 rings (SSSR count). The summed E-state index contributed by atoms with van der Waals surface area (Å²) in [6, 6.07) is 41.2. The molecular weight excluding hydrogens is 539 g/mol. The van der Waals surface area contributed by atoms with Gasteiger partial charge < -0.3 is 0 Å². The monoisotopic (exact) mass is 570 g/mol. The van der Waals surface area contributed by atoms with Gasteiger partial charge in [-0.15, -0.1) is 0 Å². The maximum atomic E-state index is 13.6. The summed E-state index contributed by atoms with van der Waals surface area (Å²) in [4.78, 5) is 13.6. The predicted molar refractivity (Wildman–Crippen MR) is 173 cm³/mol. The van der Waals surface area contributed by atoms with Gasteiger partial charge in [-0.1, -0.05) is 0 Å². The zero-order chi connectivity index (χ0) is 28.5. The van der Waals surface area contributed by atoms with Gasteiger partial charge in [-0.25, -0.2) is 0 Å². The van der Waals surface area contributed by atoms with Crippen LogP contribution >= 0.6 is 7.59 Å². The van der Waals surface area contributed by atoms with Crippen molar-refractivity contribution in [2.75, 3.05) is 9.34 Å². The average Bonchev–Trinajstić information content (AvgIpc) is 3.01. The first-order chi connectivity index (χ1) is 20.4. The van der Waals surface area contributed by atoms with Crippen LogP contribution < -0.4 is 18.4 Å². The van der Waals surface area contributed by atoms with Crippen molar-refractivity contribution in [2.45, 2.75) is 26.9 Å². The Bertz CT molecular complexity index is 1860. The zero-order valence-corrected chi connectivity index (χ0v) is 24.5. The first-order valence-electron chi connectivity index (χ1n) is 14.3. The van der Waals surface area contributed by atoms with Crippen molar-refractivity contribution in [3.8, 4) is 11.5 Å². The van der Waals surface area contributed by atoms with Crippen LogP contribution in [-0.2, 0) is 13.1 Å². The van der Waals surface area contributed by atoms with Crippen LogP contribution in [0.25, 0.3) is 21.5 Å². The molecule has 0 saturated carbocycles. The summed E-state index contributed by atoms with van der Waals surface area (Å²) < 4.78 is 18.0. The first kappa shape index (κ1) is 25.2. The Kier molecular flexibility index (Phi) is 5.37. The number of rotatable bonds is 2. The molecule has 1 N–H and O–H groups in total. The van der Waals surface area contributed by atoms with Gasteiger partial charge in [0.25, 0.3) is 0 Å². The third-order valence-corrected chi connectivity index (χ3v) is 12.0. The zero-order valence-electron chi connectivity index (χ0n) is 23.6. The maximum absolute atomic E-state index is 13.6. The van der Waals surface area contributed by atoms with Gasteiger partial charge in [-0.05, 0) is 0 Å². The van der Waals surface area contributed by atoms with Gasteiger partial charge in [0, 0.05) is 0 Å². The van der Waals surface area contributed by atoms with Gasteiger partial charge in [0.15, 0.2) is 0 Å². The normalized spacial score (nSPS) is 17.5. The molecule has 208 valence electrons. The summed E-state index contributed by atoms with van der Waals surface area (Å²) in [6.07, 6.45) is 0. The average molecular weight is 571 g/mol. The van der Waals surface area contributed by atoms with Crippen molar-refractivity contribution in [1.82, 2.24) is 0 Å². The van der Waals surface area contributed by atoms with Crippen molar-refractivity contribution in [1.29, 1.82) is 0 Å². The molecular formula is C36H31N2O3P. The topological polar surface area (TPSA) is 45.2 Å². The number of anilines is 2. The molecule has 0 fully saturated rings. The molecule has 6 heteroatoms. The number of nitrogens with zero attached hydrogens (tertiary/aromatic N) is 2. The fraction of sp³-hybridized carbons (Fsp3) is 0.111. The van der Waals surface area contributed by atoms with E-state index in [1.165, 1.54) is 0 Å². The summed E-state index contributed by atoms with van der Waals surface area (Å²) in [5.74, 6) is 1.28. The molecule has 0 amide bonds. The van der Waals surface area contributed by atoms with E-state index >= 15 is 0 Å². The van der Waals surface area contributed by atoms with E-state index in [0.717, 1.165) is 55.2 Å². The summed E-state index contributed by atoms with van der Waals surface area (Å²) >= 11 is 0. The van der Waals surface area contributed by atoms with Crippen LogP contribution in [0.2, 0.25) is 0 Å². The predicted octanol–water partition coefficient (Wildman–Crippen LogP) is 9.23. The van der Waals surface area contributed by atoms with Gasteiger partial charge in [0.2, 0.25) is 0 Å². The third-order valence-electron chi connectivity index (χ3n) is 8.62. The van der Waals surface area contributed by atoms with E-state index in [0.29, 0.717) is 24.6 Å². The summed E-state index contributed by atoms with van der Waals surface area (Å²) in [5.41, 5.74) is 5.99. The van der Waals surface area contributed by atoms with E-state index in [1.807, 2.05) is 70.0 Å². The number of hydrogen-bond acceptors (Lipinski definition) is 5. The summed E-state index contributed by atoms with van der Waals surface area (Å²) in [5, 5.41) is 4.46. The van der Waals surface area contributed by atoms with E-state index in [2.05, 4.69) is 74.5 Å². The van der Waals surface area contributed by atoms with Gasteiger partial charge in [0.05, 0.1) is 0 Å². The Morgan fingerprint density at radius 3 is 1.36 bits per heavy atom. The molecule has 1 spiro atoms. The van der Waals surface area contributed by atoms with E-state index < -0.39 is 7.59 Å². The van der Waals surface area contributed by atoms with Crippen LogP contribution in [-0.4, -0.2) is 4.89 Å². The standard InChI is InChI=1S/C36H31N2O3P/c1-25-11-17-29(18-12-25)37-23-33-31-9-5-3-7-27(31)15-21-35(33)40-42(37,39)38(30-19-13-26(2)14-20-30)24-34-32-10-6-4-8-28(32)16-22-36(34)41-42/h3-22,39H,23-24H2,1-2H3. The second-order valence-electron chi connectivity index (χ2n) is 11.3. The molecule has 0 aromatic heterocycles. The van der Waals surface area contributed by atoms with Gasteiger partial charge >= 0.3 is 246 Å². The number of aryl methyl sites for hydroxylation is 2. The molecule has 2 aliphatic heterocycles. The molecule has 2 aliphatic rings. The Morgan fingerprint density at radius 2 is 0.929 bits per heavy atom. The molecule has 0 saturated heterocycles. The first-order valence-corrected chi connectivity index (χ1v) is 16.2. The van der Waals surface area contributed by atoms with Crippen molar-refractivity contribution in [3.05, 3.63) is 144 Å². The van der Waals surface area contributed by atoms with Crippen LogP contribution in [0.3, 0.4) is 0 Å². The molecule has 0 radical (unpaired) electrons. The molecule has 0 aliphatic carbocycles. The Morgan fingerprint density at radius 1 is 0.524 bits per heavy atom. The minimum atomic E-state index is -4.88. The molecule has 0 atom stereocenters. The van der Waals surface area contributed by atoms with Crippen LogP contribution in [0.15, 0.2) is 121 Å². The van der Waals surface area contributed by atoms with Gasteiger partial charge in [-0.3, -0.25) is 0 Å². The second-order valence-corrected chi connectivity index (χ2v) is 14.3. The number of benzene rings is 6. The third kappa shape index (κ3) is 3.64. The Hall–Kier alpha value is -4.57. The van der Waals surface area contributed by atoms with Crippen LogP contribution in [0, 0.1) is 13.8 Å². The van der Waals surface area contributed by atoms with Crippen LogP contribution in [0.4, 0.5) is 11.4 Å². The molecule has 6 aromatic carbocycles. The molecule has 2 heterocycles. The van der Waals surface area contributed by atoms with Gasteiger partial charge in [-0.2, -0.15) is 0 Å². The number of fused-ring (bicyclic) bond motifs is 6. The van der Waals surface area contributed by atoms with Crippen molar-refractivity contribution in [3.63, 3.8) is 0 Å². The van der Waals surface area contributed by atoms with E-state index in [1.54, 1.807) is 0 Å². The molecule has 0 bridgehead atoms. The van der Waals surface area contributed by atoms with Gasteiger partial charge in [0.1, 0.15) is 0 Å². The van der Waals surface area contributed by atoms with Crippen molar-refractivity contribution < 1.29 is 13.9 Å². The van der Waals surface area contributed by atoms with E-state index in [4.69, 9.17) is 9.05 Å².